The predicted molar refractivity (Wildman–Crippen MR) is 85.5 cm³/mol. The average Bonchev–Trinajstić information content (AvgIpc) is 2.49. The van der Waals surface area contributed by atoms with Crippen molar-refractivity contribution in [1.29, 1.82) is 0 Å². The van der Waals surface area contributed by atoms with E-state index in [4.69, 9.17) is 27.8 Å². The maximum atomic E-state index is 13.2. The second-order valence-electron chi connectivity index (χ2n) is 4.49. The maximum absolute atomic E-state index is 13.2. The fraction of sp³-hybridized carbons (Fsp3) is 0.0667. The van der Waals surface area contributed by atoms with Gasteiger partial charge in [0.15, 0.2) is 11.6 Å². The van der Waals surface area contributed by atoms with E-state index in [1.807, 2.05) is 0 Å². The normalized spacial score (nSPS) is 10.7. The lowest BCUT2D eigenvalue weighted by Gasteiger charge is -2.09. The molecule has 2 rings (SSSR count). The standard InChI is InChI=1S/C15H13ClF2N4O/c16-11-2-4-14(10(6-11)7-21-22-15(19)20)23-8-9-1-3-12(17)13(18)5-9/h1-7H,8H2,(H4,19,20,22). The molecule has 0 aliphatic heterocycles. The van der Waals surface area contributed by atoms with Crippen LogP contribution in [-0.4, -0.2) is 12.2 Å². The van der Waals surface area contributed by atoms with Crippen LogP contribution >= 0.6 is 11.6 Å². The Morgan fingerprint density at radius 2 is 1.91 bits per heavy atom. The van der Waals surface area contributed by atoms with Crippen molar-refractivity contribution >= 4 is 23.8 Å². The predicted octanol–water partition coefficient (Wildman–Crippen LogP) is 2.80. The fourth-order valence-electron chi connectivity index (χ4n) is 1.70. The van der Waals surface area contributed by atoms with Crippen LogP contribution in [0.5, 0.6) is 5.75 Å². The zero-order valence-corrected chi connectivity index (χ0v) is 12.6. The van der Waals surface area contributed by atoms with Gasteiger partial charge in [0, 0.05) is 10.6 Å². The lowest BCUT2D eigenvalue weighted by Crippen LogP contribution is -2.21. The van der Waals surface area contributed by atoms with E-state index in [2.05, 4.69) is 10.2 Å². The van der Waals surface area contributed by atoms with Crippen LogP contribution in [0.1, 0.15) is 11.1 Å². The number of nitrogens with two attached hydrogens (primary N) is 2. The van der Waals surface area contributed by atoms with E-state index in [1.54, 1.807) is 18.2 Å². The van der Waals surface area contributed by atoms with Crippen LogP contribution in [0.3, 0.4) is 0 Å². The highest BCUT2D eigenvalue weighted by molar-refractivity contribution is 6.30. The minimum Gasteiger partial charge on any atom is -0.488 e. The van der Waals surface area contributed by atoms with Crippen molar-refractivity contribution in [2.24, 2.45) is 21.7 Å². The second-order valence-corrected chi connectivity index (χ2v) is 4.93. The second kappa shape index (κ2) is 7.55. The molecule has 120 valence electrons. The van der Waals surface area contributed by atoms with Gasteiger partial charge in [-0.3, -0.25) is 0 Å². The quantitative estimate of drug-likeness (QED) is 0.499. The van der Waals surface area contributed by atoms with Crippen molar-refractivity contribution in [3.8, 4) is 5.75 Å². The molecular formula is C15H13ClF2N4O. The van der Waals surface area contributed by atoms with Crippen LogP contribution in [-0.2, 0) is 6.61 Å². The lowest BCUT2D eigenvalue weighted by atomic mass is 10.2. The third-order valence-electron chi connectivity index (χ3n) is 2.72. The smallest absolute Gasteiger partial charge is 0.211 e. The van der Waals surface area contributed by atoms with Gasteiger partial charge in [0.05, 0.1) is 6.21 Å². The molecule has 0 spiro atoms. The molecule has 8 heteroatoms. The van der Waals surface area contributed by atoms with E-state index in [9.17, 15) is 8.78 Å². The highest BCUT2D eigenvalue weighted by Gasteiger charge is 2.06. The largest absolute Gasteiger partial charge is 0.488 e. The Hall–Kier alpha value is -2.67. The third kappa shape index (κ3) is 4.93. The molecular weight excluding hydrogens is 326 g/mol. The van der Waals surface area contributed by atoms with Crippen molar-refractivity contribution in [2.45, 2.75) is 6.61 Å². The summed E-state index contributed by atoms with van der Waals surface area (Å²) in [6.07, 6.45) is 1.37. The molecule has 23 heavy (non-hydrogen) atoms. The van der Waals surface area contributed by atoms with Crippen LogP contribution in [0.25, 0.3) is 0 Å². The summed E-state index contributed by atoms with van der Waals surface area (Å²) in [6.45, 7) is 0.0436. The Balaban J connectivity index is 2.17. The summed E-state index contributed by atoms with van der Waals surface area (Å²) in [4.78, 5) is 0. The van der Waals surface area contributed by atoms with Crippen LogP contribution in [0, 0.1) is 11.6 Å². The van der Waals surface area contributed by atoms with Crippen molar-refractivity contribution in [2.75, 3.05) is 0 Å². The van der Waals surface area contributed by atoms with E-state index in [-0.39, 0.29) is 12.6 Å². The molecule has 0 unspecified atom stereocenters. The summed E-state index contributed by atoms with van der Waals surface area (Å²) in [5.41, 5.74) is 11.4. The Labute approximate surface area is 136 Å². The van der Waals surface area contributed by atoms with Gasteiger partial charge in [-0.2, -0.15) is 5.10 Å². The number of guanidine groups is 1. The van der Waals surface area contributed by atoms with Gasteiger partial charge >= 0.3 is 0 Å². The number of rotatable bonds is 5. The Morgan fingerprint density at radius 3 is 2.61 bits per heavy atom. The van der Waals surface area contributed by atoms with E-state index in [1.165, 1.54) is 12.3 Å². The molecule has 0 atom stereocenters. The molecule has 0 aromatic heterocycles. The molecule has 5 nitrogen and oxygen atoms in total. The Morgan fingerprint density at radius 1 is 1.13 bits per heavy atom. The minimum atomic E-state index is -0.934. The van der Waals surface area contributed by atoms with Gasteiger partial charge in [-0.05, 0) is 35.9 Å². The molecule has 0 fully saturated rings. The molecule has 0 saturated heterocycles. The number of benzene rings is 2. The van der Waals surface area contributed by atoms with Crippen molar-refractivity contribution in [1.82, 2.24) is 0 Å². The number of ether oxygens (including phenoxy) is 1. The van der Waals surface area contributed by atoms with Crippen LogP contribution in [0.2, 0.25) is 5.02 Å². The molecule has 0 aliphatic rings. The summed E-state index contributed by atoms with van der Waals surface area (Å²) < 4.78 is 31.6. The topological polar surface area (TPSA) is 86.0 Å². The zero-order valence-electron chi connectivity index (χ0n) is 11.8. The van der Waals surface area contributed by atoms with Crippen LogP contribution in [0.15, 0.2) is 46.6 Å². The molecule has 0 heterocycles. The molecule has 4 N–H and O–H groups in total. The van der Waals surface area contributed by atoms with Gasteiger partial charge in [-0.25, -0.2) is 8.78 Å². The highest BCUT2D eigenvalue weighted by Crippen LogP contribution is 2.23. The summed E-state index contributed by atoms with van der Waals surface area (Å²) >= 11 is 5.92. The van der Waals surface area contributed by atoms with Crippen LogP contribution < -0.4 is 16.2 Å². The molecule has 0 aliphatic carbocycles. The highest BCUT2D eigenvalue weighted by atomic mass is 35.5. The Bertz CT molecular complexity index is 761. The first-order chi connectivity index (χ1) is 11.0. The molecule has 0 bridgehead atoms. The third-order valence-corrected chi connectivity index (χ3v) is 2.96. The van der Waals surface area contributed by atoms with E-state index in [0.717, 1.165) is 12.1 Å². The number of nitrogens with zero attached hydrogens (tertiary/aromatic N) is 2. The zero-order chi connectivity index (χ0) is 16.8. The van der Waals surface area contributed by atoms with Gasteiger partial charge in [-0.15, -0.1) is 5.10 Å². The van der Waals surface area contributed by atoms with Gasteiger partial charge in [0.25, 0.3) is 0 Å². The van der Waals surface area contributed by atoms with Gasteiger partial charge in [-0.1, -0.05) is 17.7 Å². The summed E-state index contributed by atoms with van der Waals surface area (Å²) in [5, 5.41) is 7.64. The minimum absolute atomic E-state index is 0.0436. The molecule has 0 radical (unpaired) electrons. The van der Waals surface area contributed by atoms with E-state index in [0.29, 0.717) is 21.9 Å². The van der Waals surface area contributed by atoms with Gasteiger partial charge < -0.3 is 16.2 Å². The lowest BCUT2D eigenvalue weighted by molar-refractivity contribution is 0.304. The number of halogens is 3. The summed E-state index contributed by atoms with van der Waals surface area (Å²) in [5.74, 6) is -1.59. The first-order valence-electron chi connectivity index (χ1n) is 6.44. The molecule has 2 aromatic carbocycles. The molecule has 0 amide bonds. The fourth-order valence-corrected chi connectivity index (χ4v) is 1.88. The Kier molecular flexibility index (Phi) is 5.48. The van der Waals surface area contributed by atoms with Crippen molar-refractivity contribution in [3.63, 3.8) is 0 Å². The number of hydrogen-bond acceptors (Lipinski definition) is 3. The van der Waals surface area contributed by atoms with Gasteiger partial charge in [0.2, 0.25) is 5.96 Å². The first-order valence-corrected chi connectivity index (χ1v) is 6.82. The van der Waals surface area contributed by atoms with E-state index >= 15 is 0 Å². The van der Waals surface area contributed by atoms with Gasteiger partial charge in [0.1, 0.15) is 12.4 Å². The maximum Gasteiger partial charge on any atom is 0.211 e. The molecule has 0 saturated carbocycles. The molecule has 2 aromatic rings. The average molecular weight is 339 g/mol. The van der Waals surface area contributed by atoms with Crippen molar-refractivity contribution in [3.05, 3.63) is 64.2 Å². The van der Waals surface area contributed by atoms with Crippen LogP contribution in [0.4, 0.5) is 8.78 Å². The van der Waals surface area contributed by atoms with Crippen molar-refractivity contribution < 1.29 is 13.5 Å². The summed E-state index contributed by atoms with van der Waals surface area (Å²) in [6, 6.07) is 8.39. The monoisotopic (exact) mass is 338 g/mol. The number of hydrogen-bond donors (Lipinski definition) is 2. The summed E-state index contributed by atoms with van der Waals surface area (Å²) in [7, 11) is 0. The van der Waals surface area contributed by atoms with E-state index < -0.39 is 11.6 Å². The first kappa shape index (κ1) is 16.7. The SMILES string of the molecule is NC(N)=NN=Cc1cc(Cl)ccc1OCc1ccc(F)c(F)c1.